The van der Waals surface area contributed by atoms with E-state index in [-0.39, 0.29) is 96.1 Å². The first kappa shape index (κ1) is 116. The molecule has 0 bridgehead atoms. The summed E-state index contributed by atoms with van der Waals surface area (Å²) in [5, 5.41) is 89.3. The van der Waals surface area contributed by atoms with Gasteiger partial charge in [-0.2, -0.15) is 0 Å². The number of nitrogens with zero attached hydrogens (tertiary/aromatic N) is 2. The third-order valence-corrected chi connectivity index (χ3v) is 22.5. The number of carboxylic acids is 4. The quantitative estimate of drug-likeness (QED) is 0.0125. The van der Waals surface area contributed by atoms with Gasteiger partial charge in [-0.25, -0.2) is 13.9 Å². The number of carboxylic acid groups (broad SMARTS) is 4. The Morgan fingerprint density at radius 3 is 1.29 bits per heavy atom. The van der Waals surface area contributed by atoms with E-state index >= 15 is 0 Å². The number of phenols is 1. The smallest absolute Gasteiger partial charge is 0.468 e. The number of aromatic hydroxyl groups is 1. The molecule has 0 spiro atoms. The van der Waals surface area contributed by atoms with Crippen LogP contribution in [0.5, 0.6) is 5.75 Å². The van der Waals surface area contributed by atoms with Gasteiger partial charge in [0.1, 0.15) is 96.4 Å². The minimum atomic E-state index is -3.82. The normalized spacial score (nSPS) is 16.8. The molecule has 2 aliphatic heterocycles. The summed E-state index contributed by atoms with van der Waals surface area (Å²) in [6.07, 6.45) is -5.36. The molecule has 0 unspecified atom stereocenters. The molecule has 0 saturated carbocycles. The van der Waals surface area contributed by atoms with Crippen molar-refractivity contribution in [2.24, 2.45) is 52.3 Å². The second-order valence-corrected chi connectivity index (χ2v) is 34.9. The van der Waals surface area contributed by atoms with Gasteiger partial charge in [-0.05, 0) is 151 Å². The Bertz CT molecular complexity index is 4420. The minimum Gasteiger partial charge on any atom is -0.508 e. The monoisotopic (exact) mass is 1930 g/mol. The molecule has 0 aliphatic carbocycles. The van der Waals surface area contributed by atoms with Gasteiger partial charge in [-0.1, -0.05) is 73.9 Å². The van der Waals surface area contributed by atoms with Crippen LogP contribution in [-0.4, -0.2) is 295 Å². The molecule has 0 radical (unpaired) electrons. The summed E-state index contributed by atoms with van der Waals surface area (Å²) in [5.41, 5.74) is 28.9. The number of phenolic OH excluding ortho intramolecular Hbond substituents is 1. The molecule has 1 aromatic rings. The number of amides is 17. The molecule has 3 rings (SSSR count). The molecule has 2 heterocycles. The fraction of sp³-hybridized carbons (Fsp3) is 0.663. The molecule has 2 fully saturated rings. The summed E-state index contributed by atoms with van der Waals surface area (Å²) >= 11 is 0. The average molecular weight is 1930 g/mol. The molecule has 2 saturated heterocycles. The molecule has 0 aromatic heterocycles. The highest BCUT2D eigenvalue weighted by molar-refractivity contribution is 7.24. The van der Waals surface area contributed by atoms with E-state index in [4.69, 9.17) is 34.1 Å². The van der Waals surface area contributed by atoms with Crippen LogP contribution < -0.4 is 103 Å². The fourth-order valence-electron chi connectivity index (χ4n) is 14.4. The van der Waals surface area contributed by atoms with Gasteiger partial charge in [0.2, 0.25) is 100 Å². The first-order valence-electron chi connectivity index (χ1n) is 44.4. The van der Waals surface area contributed by atoms with Gasteiger partial charge in [-0.15, -0.1) is 0 Å². The van der Waals surface area contributed by atoms with Crippen LogP contribution in [0.3, 0.4) is 0 Å². The predicted octanol–water partition coefficient (Wildman–Crippen LogP) is -5.71. The van der Waals surface area contributed by atoms with Crippen molar-refractivity contribution < 1.29 is 140 Å². The zero-order valence-electron chi connectivity index (χ0n) is 77.0. The average Bonchev–Trinajstić information content (AvgIpc) is 1.73. The maximum absolute atomic E-state index is 14.8. The molecule has 2 aliphatic rings. The first-order valence-corrected chi connectivity index (χ1v) is 45.5. The van der Waals surface area contributed by atoms with E-state index in [2.05, 4.69) is 79.0 Å². The fourth-order valence-corrected chi connectivity index (χ4v) is 14.7. The van der Waals surface area contributed by atoms with Crippen molar-refractivity contribution >= 4 is 138 Å². The Balaban J connectivity index is 1.88. The highest BCUT2D eigenvalue weighted by atomic mass is 31.1. The Hall–Kier alpha value is -13.1. The van der Waals surface area contributed by atoms with Crippen LogP contribution in [-0.2, 0) is 121 Å². The number of hydrogen-bond donors (Lipinski definition) is 25. The number of likely N-dealkylation sites (tertiary alicyclic amines) is 2. The summed E-state index contributed by atoms with van der Waals surface area (Å²) in [6, 6.07) is -19.9. The SMILES string of the molecule is CC[C@H](C)[C@H](NC(=O)[C@H](CCC(=O)O)NC(=O)[C@H](CC(C)C)NC(=O)[C@H](CCC(N)=O)NC(=O)[C@@H]1CCCN1C(=O)[C@@H](NC(=O)[C@H](CCCCN)NC(=O)[C@@H](N)Cc1ccc(O)cc1)C(C)C)C(=O)N[C@H](C(=O)N1CCC[C@H]1C(=O)N[C@@H](CC(N)=O)C(=O)N[C@@H](COP(=O)=O)C(=O)N[C@@H](C)C(=O)N[C@@H](CCC(=O)O)C(=O)N[C@@H](CCC(=O)O)C(=O)N[C@@H](CCCNC(=N)N)C(=O)O)C(C)C. The molecule has 135 heavy (non-hydrogen) atoms. The van der Waals surface area contributed by atoms with Gasteiger partial charge in [0, 0.05) is 45.3 Å². The zero-order chi connectivity index (χ0) is 102. The van der Waals surface area contributed by atoms with Crippen molar-refractivity contribution in [2.45, 2.75) is 294 Å². The second-order valence-electron chi connectivity index (χ2n) is 34.2. The van der Waals surface area contributed by atoms with E-state index in [1.165, 1.54) is 37.8 Å². The van der Waals surface area contributed by atoms with Gasteiger partial charge < -0.3 is 138 Å². The van der Waals surface area contributed by atoms with E-state index in [1.807, 2.05) is 0 Å². The molecule has 17 amide bonds. The van der Waals surface area contributed by atoms with Crippen LogP contribution in [0.15, 0.2) is 24.3 Å². The van der Waals surface area contributed by atoms with Crippen LogP contribution in [0.4, 0.5) is 0 Å². The van der Waals surface area contributed by atoms with E-state index in [0.717, 1.165) is 11.8 Å². The summed E-state index contributed by atoms with van der Waals surface area (Å²) in [7, 11) is -3.82. The highest BCUT2D eigenvalue weighted by Crippen LogP contribution is 2.25. The lowest BCUT2D eigenvalue weighted by Crippen LogP contribution is -2.62. The number of hydrogen-bond acceptors (Lipinski definition) is 28. The summed E-state index contributed by atoms with van der Waals surface area (Å²) in [6.45, 7) is 12.6. The second kappa shape index (κ2) is 58.2. The van der Waals surface area contributed by atoms with Crippen LogP contribution in [0.2, 0.25) is 0 Å². The van der Waals surface area contributed by atoms with Crippen molar-refractivity contribution in [2.75, 3.05) is 32.8 Å². The summed E-state index contributed by atoms with van der Waals surface area (Å²) in [4.78, 5) is 289. The number of nitrogens with two attached hydrogens (primary N) is 5. The largest absolute Gasteiger partial charge is 0.508 e. The van der Waals surface area contributed by atoms with Gasteiger partial charge in [0.15, 0.2) is 5.96 Å². The van der Waals surface area contributed by atoms with Gasteiger partial charge in [0.25, 0.3) is 0 Å². The van der Waals surface area contributed by atoms with E-state index < -0.39 is 323 Å². The molecular formula is C83H133N22O29P. The third kappa shape index (κ3) is 41.1. The molecule has 17 atom stereocenters. The van der Waals surface area contributed by atoms with Crippen molar-refractivity contribution in [3.63, 3.8) is 0 Å². The Labute approximate surface area is 779 Å². The summed E-state index contributed by atoms with van der Waals surface area (Å²) in [5.74, 6) is -27.2. The molecule has 30 N–H and O–H groups in total. The van der Waals surface area contributed by atoms with Crippen molar-refractivity contribution in [3.8, 4) is 5.75 Å². The number of nitrogens with one attached hydrogen (secondary N) is 15. The van der Waals surface area contributed by atoms with Gasteiger partial charge >= 0.3 is 31.8 Å². The van der Waals surface area contributed by atoms with Crippen LogP contribution in [0.1, 0.15) is 196 Å². The Kier molecular flexibility index (Phi) is 50.0. The number of rotatable bonds is 62. The van der Waals surface area contributed by atoms with E-state index in [0.29, 0.717) is 18.4 Å². The van der Waals surface area contributed by atoms with E-state index in [1.54, 1.807) is 46.8 Å². The minimum absolute atomic E-state index is 0.000149. The van der Waals surface area contributed by atoms with Gasteiger partial charge in [0.05, 0.1) is 19.1 Å². The molecule has 51 nitrogen and oxygen atoms in total. The highest BCUT2D eigenvalue weighted by Gasteiger charge is 2.45. The summed E-state index contributed by atoms with van der Waals surface area (Å²) < 4.78 is 28.1. The number of carbonyl (C=O) groups is 21. The number of benzene rings is 1. The standard InChI is InChI=1S/C83H133N22O29P/c1-10-43(8)66(103-73(121)52(27-31-63(113)114)95-74(122)54(36-40(2)3)98-71(119)49(24-28-59(86)107)96-77(125)57-18-14-34-104(57)80(128)64(41(4)5)101-72(120)48(16-11-12-32-84)93-68(116)47(85)37-45-20-22-46(106)23-21-45)79(127)102-65(42(6)7)81(129)105-35-15-19-58(105)78(126)99-55(38-60(87)108)75(123)100-56(39-134-135(132)133)76(124)91-44(9)67(115)92-50(25-29-61(109)110)69(117)94-51(26-30-62(111)112)70(118)97-53(82(130)131)17-13-33-90-83(88)89/h20-23,40-44,47-58,64-66,106H,10-19,24-39,84-85H2,1-9H3,(H2,86,107)(H2,87,108)(H,91,124)(H,92,115)(H,93,116)(H,94,117)(H,95,122)(H,96,125)(H,97,118)(H,98,119)(H,99,126)(H,100,123)(H,101,120)(H,102,127)(H,103,121)(H,109,110)(H,111,112)(H,113,114)(H,130,131)(H4,88,89,90)/t43-,44-,47-,48-,49-,50-,51-,52-,53-,54-,55-,56-,57-,58-,64-,65-,66-/m0/s1. The Morgan fingerprint density at radius 1 is 0.459 bits per heavy atom. The topological polar surface area (TPSA) is 832 Å². The first-order chi connectivity index (χ1) is 63.3. The predicted molar refractivity (Wildman–Crippen MR) is 475 cm³/mol. The third-order valence-electron chi connectivity index (χ3n) is 22.1. The number of aliphatic carboxylic acids is 4. The maximum atomic E-state index is 14.8. The Morgan fingerprint density at radius 2 is 0.852 bits per heavy atom. The molecule has 754 valence electrons. The van der Waals surface area contributed by atoms with E-state index in [9.17, 15) is 135 Å². The maximum Gasteiger partial charge on any atom is 0.468 e. The lowest BCUT2D eigenvalue weighted by atomic mass is 9.95. The van der Waals surface area contributed by atoms with Gasteiger partial charge in [-0.3, -0.25) is 106 Å². The lowest BCUT2D eigenvalue weighted by molar-refractivity contribution is -0.144. The van der Waals surface area contributed by atoms with Crippen molar-refractivity contribution in [1.82, 2.24) is 84.2 Å². The molecule has 52 heteroatoms. The van der Waals surface area contributed by atoms with Crippen LogP contribution in [0.25, 0.3) is 0 Å². The molecular weight excluding hydrogens is 1800 g/mol. The number of unbranched alkanes of at least 4 members (excludes halogenated alkanes) is 1. The number of guanidine groups is 1. The zero-order valence-corrected chi connectivity index (χ0v) is 77.9. The van der Waals surface area contributed by atoms with Crippen LogP contribution >= 0.6 is 7.91 Å². The van der Waals surface area contributed by atoms with Crippen molar-refractivity contribution in [3.05, 3.63) is 29.8 Å². The van der Waals surface area contributed by atoms with Crippen LogP contribution in [0, 0.1) is 29.1 Å². The number of primary amides is 2. The lowest BCUT2D eigenvalue weighted by Gasteiger charge is -2.33. The van der Waals surface area contributed by atoms with Crippen molar-refractivity contribution in [1.29, 1.82) is 5.41 Å². The molecule has 1 aromatic carbocycles. The number of carbonyl (C=O) groups excluding carboxylic acids is 17.